The van der Waals surface area contributed by atoms with Crippen molar-refractivity contribution in [1.82, 2.24) is 0 Å². The van der Waals surface area contributed by atoms with Crippen molar-refractivity contribution < 1.29 is 28.1 Å². The third-order valence-electron chi connectivity index (χ3n) is 6.56. The molecule has 41 heavy (non-hydrogen) atoms. The number of nitriles is 1. The van der Waals surface area contributed by atoms with Gasteiger partial charge >= 0.3 is 5.97 Å². The van der Waals surface area contributed by atoms with Gasteiger partial charge in [0.1, 0.15) is 35.6 Å². The van der Waals surface area contributed by atoms with Gasteiger partial charge in [-0.15, -0.1) is 0 Å². The van der Waals surface area contributed by atoms with Gasteiger partial charge in [-0.2, -0.15) is 5.26 Å². The Morgan fingerprint density at radius 1 is 0.976 bits per heavy atom. The molecular formula is C33H27FN2O5. The van der Waals surface area contributed by atoms with Crippen LogP contribution >= 0.6 is 0 Å². The predicted octanol–water partition coefficient (Wildman–Crippen LogP) is 6.17. The Balaban J connectivity index is 1.42. The van der Waals surface area contributed by atoms with E-state index in [9.17, 15) is 14.4 Å². The van der Waals surface area contributed by atoms with Crippen LogP contribution in [0.3, 0.4) is 0 Å². The summed E-state index contributed by atoms with van der Waals surface area (Å²) in [5, 5.41) is 9.97. The van der Waals surface area contributed by atoms with Crippen molar-refractivity contribution in [1.29, 1.82) is 5.26 Å². The van der Waals surface area contributed by atoms with Crippen molar-refractivity contribution in [3.8, 4) is 29.1 Å². The smallest absolute Gasteiger partial charge is 0.315 e. The van der Waals surface area contributed by atoms with E-state index in [2.05, 4.69) is 6.07 Å². The van der Waals surface area contributed by atoms with Crippen LogP contribution in [0.25, 0.3) is 0 Å². The third-order valence-corrected chi connectivity index (χ3v) is 6.56. The molecule has 8 heteroatoms. The topological polar surface area (TPSA) is 104 Å². The predicted molar refractivity (Wildman–Crippen MR) is 150 cm³/mol. The first kappa shape index (κ1) is 27.3. The van der Waals surface area contributed by atoms with E-state index in [0.717, 1.165) is 5.56 Å². The molecular weight excluding hydrogens is 523 g/mol. The van der Waals surface area contributed by atoms with E-state index in [1.54, 1.807) is 54.6 Å². The SMILES string of the molecule is CCOc1cc(C2C(C#N)=C(N)Oc3cc(OC(=O)Cc4ccccc4)ccc32)ccc1OCc1ccccc1F. The molecule has 0 saturated heterocycles. The lowest BCUT2D eigenvalue weighted by molar-refractivity contribution is -0.133. The fraction of sp³-hybridized carbons (Fsp3) is 0.152. The molecule has 1 aliphatic rings. The lowest BCUT2D eigenvalue weighted by Gasteiger charge is -2.27. The van der Waals surface area contributed by atoms with Gasteiger partial charge in [0.05, 0.1) is 18.9 Å². The number of hydrogen-bond acceptors (Lipinski definition) is 7. The van der Waals surface area contributed by atoms with Crippen LogP contribution in [-0.4, -0.2) is 12.6 Å². The number of rotatable bonds is 9. The zero-order valence-corrected chi connectivity index (χ0v) is 22.3. The summed E-state index contributed by atoms with van der Waals surface area (Å²) in [7, 11) is 0. The molecule has 4 aromatic rings. The average Bonchev–Trinajstić information content (AvgIpc) is 2.97. The fourth-order valence-corrected chi connectivity index (χ4v) is 4.63. The minimum atomic E-state index is -0.572. The molecule has 0 radical (unpaired) electrons. The van der Waals surface area contributed by atoms with Gasteiger partial charge in [0.15, 0.2) is 11.5 Å². The highest BCUT2D eigenvalue weighted by atomic mass is 19.1. The number of halogens is 1. The Hall–Kier alpha value is -5.29. The monoisotopic (exact) mass is 550 g/mol. The van der Waals surface area contributed by atoms with Crippen LogP contribution in [0.15, 0.2) is 102 Å². The number of nitrogens with two attached hydrogens (primary N) is 1. The molecule has 7 nitrogen and oxygen atoms in total. The molecule has 1 aliphatic heterocycles. The van der Waals surface area contributed by atoms with Gasteiger partial charge in [-0.3, -0.25) is 4.79 Å². The molecule has 0 fully saturated rings. The van der Waals surface area contributed by atoms with Gasteiger partial charge in [-0.1, -0.05) is 60.7 Å². The molecule has 1 atom stereocenters. The van der Waals surface area contributed by atoms with Gasteiger partial charge in [0.2, 0.25) is 5.88 Å². The molecule has 0 aliphatic carbocycles. The highest BCUT2D eigenvalue weighted by Gasteiger charge is 2.32. The number of hydrogen-bond donors (Lipinski definition) is 1. The normalized spacial score (nSPS) is 13.9. The van der Waals surface area contributed by atoms with E-state index < -0.39 is 11.9 Å². The van der Waals surface area contributed by atoms with Crippen LogP contribution in [0.4, 0.5) is 4.39 Å². The summed E-state index contributed by atoms with van der Waals surface area (Å²) in [5.41, 5.74) is 9.04. The maximum absolute atomic E-state index is 14.1. The average molecular weight is 551 g/mol. The molecule has 5 rings (SSSR count). The Morgan fingerprint density at radius 2 is 1.76 bits per heavy atom. The van der Waals surface area contributed by atoms with Crippen molar-refractivity contribution in [3.63, 3.8) is 0 Å². The van der Waals surface area contributed by atoms with Gasteiger partial charge in [-0.05, 0) is 42.3 Å². The van der Waals surface area contributed by atoms with Crippen molar-refractivity contribution in [2.24, 2.45) is 5.73 Å². The highest BCUT2D eigenvalue weighted by molar-refractivity contribution is 5.75. The molecule has 1 heterocycles. The van der Waals surface area contributed by atoms with E-state index in [1.807, 2.05) is 37.3 Å². The number of fused-ring (bicyclic) bond motifs is 1. The number of benzene rings is 4. The van der Waals surface area contributed by atoms with Crippen molar-refractivity contribution in [2.75, 3.05) is 6.61 Å². The Bertz CT molecular complexity index is 1650. The zero-order chi connectivity index (χ0) is 28.8. The van der Waals surface area contributed by atoms with E-state index >= 15 is 0 Å². The Morgan fingerprint density at radius 3 is 2.51 bits per heavy atom. The second kappa shape index (κ2) is 12.3. The zero-order valence-electron chi connectivity index (χ0n) is 22.3. The summed E-state index contributed by atoms with van der Waals surface area (Å²) in [5.74, 6) is 0.146. The largest absolute Gasteiger partial charge is 0.490 e. The number of allylic oxidation sites excluding steroid dienone is 1. The van der Waals surface area contributed by atoms with Crippen LogP contribution in [0.2, 0.25) is 0 Å². The first-order valence-electron chi connectivity index (χ1n) is 13.1. The number of carbonyl (C=O) groups excluding carboxylic acids is 1. The minimum absolute atomic E-state index is 0.0221. The van der Waals surface area contributed by atoms with E-state index in [4.69, 9.17) is 24.7 Å². The third kappa shape index (κ3) is 6.15. The van der Waals surface area contributed by atoms with Gasteiger partial charge in [-0.25, -0.2) is 4.39 Å². The Labute approximate surface area is 237 Å². The first-order valence-corrected chi connectivity index (χ1v) is 13.1. The summed E-state index contributed by atoms with van der Waals surface area (Å²) < 4.78 is 37.2. The number of nitrogens with zero attached hydrogens (tertiary/aromatic N) is 1. The second-order valence-electron chi connectivity index (χ2n) is 9.28. The van der Waals surface area contributed by atoms with Crippen LogP contribution < -0.4 is 24.7 Å². The van der Waals surface area contributed by atoms with E-state index in [-0.39, 0.29) is 30.3 Å². The maximum atomic E-state index is 14.1. The molecule has 206 valence electrons. The minimum Gasteiger partial charge on any atom is -0.490 e. The summed E-state index contributed by atoms with van der Waals surface area (Å²) in [4.78, 5) is 12.5. The fourth-order valence-electron chi connectivity index (χ4n) is 4.63. The second-order valence-corrected chi connectivity index (χ2v) is 9.28. The summed E-state index contributed by atoms with van der Waals surface area (Å²) >= 11 is 0. The highest BCUT2D eigenvalue weighted by Crippen LogP contribution is 2.45. The number of ether oxygens (including phenoxy) is 4. The molecule has 0 aromatic heterocycles. The number of esters is 1. The van der Waals surface area contributed by atoms with E-state index in [0.29, 0.717) is 46.3 Å². The van der Waals surface area contributed by atoms with Crippen LogP contribution in [0, 0.1) is 17.1 Å². The molecule has 0 spiro atoms. The van der Waals surface area contributed by atoms with Gasteiger partial charge < -0.3 is 24.7 Å². The molecule has 0 amide bonds. The molecule has 0 saturated carbocycles. The summed E-state index contributed by atoms with van der Waals surface area (Å²) in [6, 6.07) is 28.1. The number of carbonyl (C=O) groups is 1. The molecule has 4 aromatic carbocycles. The lowest BCUT2D eigenvalue weighted by atomic mass is 9.83. The quantitative estimate of drug-likeness (QED) is 0.196. The summed E-state index contributed by atoms with van der Waals surface area (Å²) in [6.07, 6.45) is 0.119. The standard InChI is InChI=1S/C33H27FN2O5/c1-2-38-30-17-22(12-15-28(30)39-20-23-10-6-7-11-27(23)34)32-25-14-13-24(18-29(25)41-33(36)26(32)19-35)40-31(37)16-21-8-4-3-5-9-21/h3-15,17-18,32H,2,16,20,36H2,1H3. The lowest BCUT2D eigenvalue weighted by Crippen LogP contribution is -2.21. The van der Waals surface area contributed by atoms with Crippen LogP contribution in [0.5, 0.6) is 23.0 Å². The van der Waals surface area contributed by atoms with Gasteiger partial charge in [0.25, 0.3) is 0 Å². The molecule has 0 bridgehead atoms. The van der Waals surface area contributed by atoms with E-state index in [1.165, 1.54) is 6.07 Å². The van der Waals surface area contributed by atoms with Crippen molar-refractivity contribution in [3.05, 3.63) is 131 Å². The van der Waals surface area contributed by atoms with Crippen LogP contribution in [0.1, 0.15) is 35.1 Å². The first-order chi connectivity index (χ1) is 20.0. The van der Waals surface area contributed by atoms with Crippen molar-refractivity contribution in [2.45, 2.75) is 25.9 Å². The molecule has 2 N–H and O–H groups in total. The molecule has 1 unspecified atom stereocenters. The van der Waals surface area contributed by atoms with Crippen molar-refractivity contribution >= 4 is 5.97 Å². The summed E-state index contributed by atoms with van der Waals surface area (Å²) in [6.45, 7) is 2.23. The maximum Gasteiger partial charge on any atom is 0.315 e. The Kier molecular flexibility index (Phi) is 8.16. The van der Waals surface area contributed by atoms with Crippen LogP contribution in [-0.2, 0) is 17.8 Å². The van der Waals surface area contributed by atoms with Gasteiger partial charge in [0, 0.05) is 17.2 Å².